The van der Waals surface area contributed by atoms with Gasteiger partial charge in [-0.15, -0.1) is 29.3 Å². The minimum atomic E-state index is -3.95. The van der Waals surface area contributed by atoms with Crippen LogP contribution in [0.5, 0.6) is 5.75 Å². The van der Waals surface area contributed by atoms with Gasteiger partial charge in [-0.2, -0.15) is 0 Å². The van der Waals surface area contributed by atoms with Crippen LogP contribution in [-0.2, 0) is 31.9 Å². The van der Waals surface area contributed by atoms with Gasteiger partial charge in [-0.25, -0.2) is 4.98 Å². The van der Waals surface area contributed by atoms with E-state index >= 15 is 0 Å². The maximum absolute atomic E-state index is 11.5. The molecular formula is C57H58N3OPt-. The smallest absolute Gasteiger partial charge is 0.148 e. The molecule has 0 fully saturated rings. The summed E-state index contributed by atoms with van der Waals surface area (Å²) in [6.45, 7) is -1.18. The van der Waals surface area contributed by atoms with Crippen molar-refractivity contribution in [1.29, 1.82) is 0 Å². The Morgan fingerprint density at radius 3 is 2.13 bits per heavy atom. The zero-order valence-corrected chi connectivity index (χ0v) is 37.6. The number of aryl methyl sites for hydroxylation is 1. The molecule has 0 saturated carbocycles. The second kappa shape index (κ2) is 17.3. The third kappa shape index (κ3) is 8.86. The molecular weight excluding hydrogens is 938 g/mol. The summed E-state index contributed by atoms with van der Waals surface area (Å²) in [5.41, 5.74) is -2.20. The first-order valence-electron chi connectivity index (χ1n) is 29.9. The Morgan fingerprint density at radius 2 is 1.44 bits per heavy atom. The molecule has 0 atom stereocenters. The molecule has 0 radical (unpaired) electrons. The first kappa shape index (κ1) is 25.5. The average molecular weight is 1020 g/mol. The third-order valence-electron chi connectivity index (χ3n) is 10.7. The number of benzene rings is 6. The van der Waals surface area contributed by atoms with Gasteiger partial charge < -0.3 is 5.11 Å². The maximum atomic E-state index is 11.5. The van der Waals surface area contributed by atoms with Crippen LogP contribution in [0.3, 0.4) is 0 Å². The zero-order chi connectivity index (χ0) is 60.4. The molecule has 0 unspecified atom stereocenters. The van der Waals surface area contributed by atoms with Gasteiger partial charge in [0.1, 0.15) is 11.6 Å². The third-order valence-corrected chi connectivity index (χ3v) is 10.7. The maximum Gasteiger partial charge on any atom is 0.148 e. The van der Waals surface area contributed by atoms with Gasteiger partial charge in [0.15, 0.2) is 0 Å². The summed E-state index contributed by atoms with van der Waals surface area (Å²) in [5, 5.41) is 11.5. The fourth-order valence-electron chi connectivity index (χ4n) is 7.23. The van der Waals surface area contributed by atoms with Crippen LogP contribution >= 0.6 is 0 Å². The SMILES string of the molecule is [2H]c1nc(-c2[c-]c(-c3cccc4c3nc(-c3ccccc3O)n4-c3ccc(-c4cc(C(C)C)cc(C([2H])(C)C)c4)cc3C([2H])([2H])[2H])cc(C(C)(C)C)c2)c([2H])c(-c2c([2H])c([2H])c(C(C([2H])([2H])[2H])(C([2H])([2H])[2H])C([2H])([2H])[2H])c([2H])c2[2H])c1[2H].[Pt]. The normalized spacial score (nSPS) is 17.7. The van der Waals surface area contributed by atoms with Crippen molar-refractivity contribution in [3.8, 4) is 67.5 Å². The van der Waals surface area contributed by atoms with Crippen molar-refractivity contribution < 1.29 is 53.6 Å². The van der Waals surface area contributed by atoms with Crippen LogP contribution in [0.15, 0.2) is 133 Å². The van der Waals surface area contributed by atoms with Crippen molar-refractivity contribution >= 4 is 11.0 Å². The van der Waals surface area contributed by atoms with Crippen molar-refractivity contribution in [2.45, 2.75) is 98.5 Å². The number of nitrogens with zero attached hydrogens (tertiary/aromatic N) is 3. The van der Waals surface area contributed by atoms with Crippen molar-refractivity contribution in [2.75, 3.05) is 0 Å². The number of hydrogen-bond acceptors (Lipinski definition) is 3. The Balaban J connectivity index is 0.00000968. The Labute approximate surface area is 411 Å². The number of para-hydroxylation sites is 2. The van der Waals surface area contributed by atoms with Gasteiger partial charge in [-0.3, -0.25) is 9.55 Å². The van der Waals surface area contributed by atoms with E-state index in [0.29, 0.717) is 33.3 Å². The summed E-state index contributed by atoms with van der Waals surface area (Å²) in [7, 11) is 0. The van der Waals surface area contributed by atoms with Gasteiger partial charge in [0, 0.05) is 50.8 Å². The van der Waals surface area contributed by atoms with Gasteiger partial charge in [-0.05, 0) is 110 Å². The van der Waals surface area contributed by atoms with E-state index in [2.05, 4.69) is 11.1 Å². The molecule has 5 heteroatoms. The number of pyridine rings is 1. The largest absolute Gasteiger partial charge is 0.507 e. The van der Waals surface area contributed by atoms with E-state index in [1.54, 1.807) is 79.1 Å². The standard InChI is InChI=1S/C57H58N3O.Pt/c1-35(2)41-28-42(36(3)4)30-43(29-41)39-21-24-51(37(5)27-39)60-52-17-14-16-48(54(52)59-55(60)49-15-12-13-18-53(49)61)44-31-45(33-47(32-44)57(9,10)11)50-34-40(25-26-58-50)38-19-22-46(23-20-38)56(6,7)8;/h12-30,32-36,61H,1-11H3;/q-1;/i5D3,6D3,7D3,8D3,19D,20D,22D,23D,25D,26D,34D,35D;. The predicted molar refractivity (Wildman–Crippen MR) is 257 cm³/mol. The van der Waals surface area contributed by atoms with Gasteiger partial charge in [0.25, 0.3) is 0 Å². The predicted octanol–water partition coefficient (Wildman–Crippen LogP) is 15.4. The number of fused-ring (bicyclic) bond motifs is 1. The number of phenolic OH excluding ortho intramolecular Hbond substituents is 1. The molecule has 0 aliphatic rings. The molecule has 2 heterocycles. The van der Waals surface area contributed by atoms with Gasteiger partial charge in [-0.1, -0.05) is 159 Å². The van der Waals surface area contributed by atoms with E-state index in [-0.39, 0.29) is 66.6 Å². The summed E-state index contributed by atoms with van der Waals surface area (Å²) >= 11 is 0. The average Bonchev–Trinajstić information content (AvgIpc) is 1.45. The Kier molecular flexibility index (Phi) is 7.12. The van der Waals surface area contributed by atoms with Crippen molar-refractivity contribution in [3.63, 3.8) is 0 Å². The number of rotatable bonds is 8. The molecule has 0 saturated heterocycles. The number of aromatic hydroxyl groups is 1. The van der Waals surface area contributed by atoms with E-state index in [0.717, 1.165) is 16.7 Å². The van der Waals surface area contributed by atoms with Crippen LogP contribution < -0.4 is 0 Å². The molecule has 8 rings (SSSR count). The molecule has 2 aromatic heterocycles. The Morgan fingerprint density at radius 1 is 0.710 bits per heavy atom. The Hall–Kier alpha value is -5.57. The molecule has 0 aliphatic heterocycles. The van der Waals surface area contributed by atoms with Gasteiger partial charge >= 0.3 is 0 Å². The van der Waals surface area contributed by atoms with Crippen LogP contribution in [0.25, 0.3) is 72.7 Å². The number of aromatic nitrogens is 3. The summed E-state index contributed by atoms with van der Waals surface area (Å²) in [5.74, 6) is -0.837. The molecule has 4 nitrogen and oxygen atoms in total. The van der Waals surface area contributed by atoms with Crippen LogP contribution in [0.2, 0.25) is 0 Å². The van der Waals surface area contributed by atoms with Crippen molar-refractivity contribution in [2.24, 2.45) is 0 Å². The molecule has 0 amide bonds. The molecule has 1 N–H and O–H groups in total. The second-order valence-electron chi connectivity index (χ2n) is 16.8. The summed E-state index contributed by atoms with van der Waals surface area (Å²) < 4.78 is 175. The second-order valence-corrected chi connectivity index (χ2v) is 16.8. The minimum absolute atomic E-state index is 0. The molecule has 8 aromatic rings. The van der Waals surface area contributed by atoms with Crippen molar-refractivity contribution in [3.05, 3.63) is 167 Å². The van der Waals surface area contributed by atoms with E-state index in [4.69, 9.17) is 31.0 Å². The topological polar surface area (TPSA) is 50.9 Å². The quantitative estimate of drug-likeness (QED) is 0.154. The van der Waals surface area contributed by atoms with E-state index in [9.17, 15) is 6.48 Å². The summed E-state index contributed by atoms with van der Waals surface area (Å²) in [6, 6.07) is 22.8. The summed E-state index contributed by atoms with van der Waals surface area (Å²) in [4.78, 5) is 9.47. The fourth-order valence-corrected chi connectivity index (χ4v) is 7.23. The van der Waals surface area contributed by atoms with Gasteiger partial charge in [0.05, 0.1) is 31.9 Å². The fraction of sp³-hybridized carbons (Fsp3) is 0.263. The molecule has 318 valence electrons. The van der Waals surface area contributed by atoms with Crippen LogP contribution in [0.1, 0.15) is 136 Å². The van der Waals surface area contributed by atoms with Crippen LogP contribution in [-0.4, -0.2) is 19.6 Å². The first-order valence-corrected chi connectivity index (χ1v) is 19.9. The minimum Gasteiger partial charge on any atom is -0.507 e. The molecule has 0 spiro atoms. The number of imidazole rings is 1. The monoisotopic (exact) mass is 1020 g/mol. The number of hydrogen-bond donors (Lipinski definition) is 1. The van der Waals surface area contributed by atoms with Crippen molar-refractivity contribution in [1.82, 2.24) is 14.5 Å². The zero-order valence-electron chi connectivity index (χ0n) is 55.3. The van der Waals surface area contributed by atoms with E-state index in [1.807, 2.05) is 58.9 Å². The molecule has 0 bridgehead atoms. The Bertz CT molecular complexity index is 3760. The van der Waals surface area contributed by atoms with E-state index in [1.165, 1.54) is 6.07 Å². The summed E-state index contributed by atoms with van der Waals surface area (Å²) in [6.07, 6.45) is -0.799. The molecule has 0 aliphatic carbocycles. The first-order chi connectivity index (χ1) is 37.1. The van der Waals surface area contributed by atoms with E-state index < -0.39 is 103 Å². The van der Waals surface area contributed by atoms with Crippen LogP contribution in [0, 0.1) is 12.9 Å². The number of phenols is 1. The van der Waals surface area contributed by atoms with Gasteiger partial charge in [0.2, 0.25) is 0 Å². The molecule has 6 aromatic carbocycles. The van der Waals surface area contributed by atoms with Crippen LogP contribution in [0.4, 0.5) is 0 Å². The molecule has 62 heavy (non-hydrogen) atoms.